The van der Waals surface area contributed by atoms with E-state index in [1.165, 1.54) is 0 Å². The van der Waals surface area contributed by atoms with Crippen molar-refractivity contribution in [3.8, 4) is 0 Å². The molecule has 1 saturated heterocycles. The summed E-state index contributed by atoms with van der Waals surface area (Å²) in [7, 11) is 0. The highest BCUT2D eigenvalue weighted by Crippen LogP contribution is 2.30. The Labute approximate surface area is 110 Å². The normalized spacial score (nSPS) is 22.2. The number of nitrogens with two attached hydrogens (primary N) is 1. The van der Waals surface area contributed by atoms with Gasteiger partial charge < -0.3 is 15.2 Å². The minimum absolute atomic E-state index is 0.184. The number of carbonyl (C=O) groups is 1. The van der Waals surface area contributed by atoms with E-state index in [-0.39, 0.29) is 17.4 Å². The number of morpholine rings is 1. The molecule has 5 heteroatoms. The Morgan fingerprint density at radius 1 is 1.44 bits per heavy atom. The molecular formula is C13H26N2O3. The van der Waals surface area contributed by atoms with Crippen LogP contribution in [-0.2, 0) is 14.3 Å². The number of rotatable bonds is 6. The molecule has 2 N–H and O–H groups in total. The van der Waals surface area contributed by atoms with Crippen LogP contribution in [0.4, 0.5) is 0 Å². The Kier molecular flexibility index (Phi) is 6.05. The number of nitrogens with zero attached hydrogens (tertiary/aromatic N) is 1. The second kappa shape index (κ2) is 7.07. The fraction of sp³-hybridized carbons (Fsp3) is 0.923. The average Bonchev–Trinajstić information content (AvgIpc) is 2.40. The molecule has 0 spiro atoms. The van der Waals surface area contributed by atoms with Crippen LogP contribution in [0.1, 0.15) is 27.2 Å². The van der Waals surface area contributed by atoms with Gasteiger partial charge in [0.05, 0.1) is 25.7 Å². The lowest BCUT2D eigenvalue weighted by Gasteiger charge is -2.46. The van der Waals surface area contributed by atoms with Gasteiger partial charge in [0.25, 0.3) is 0 Å². The van der Waals surface area contributed by atoms with Gasteiger partial charge in [-0.15, -0.1) is 0 Å². The van der Waals surface area contributed by atoms with Crippen molar-refractivity contribution < 1.29 is 14.3 Å². The highest BCUT2D eigenvalue weighted by molar-refractivity contribution is 5.74. The largest absolute Gasteiger partial charge is 0.466 e. The Bertz CT molecular complexity index is 267. The molecule has 0 unspecified atom stereocenters. The molecule has 0 aromatic rings. The molecule has 1 fully saturated rings. The van der Waals surface area contributed by atoms with Crippen LogP contribution in [0.3, 0.4) is 0 Å². The molecule has 1 heterocycles. The lowest BCUT2D eigenvalue weighted by atomic mass is 9.81. The van der Waals surface area contributed by atoms with Crippen LogP contribution in [0.2, 0.25) is 0 Å². The van der Waals surface area contributed by atoms with E-state index in [9.17, 15) is 4.79 Å². The molecule has 1 aliphatic heterocycles. The molecule has 0 aliphatic carbocycles. The van der Waals surface area contributed by atoms with Crippen molar-refractivity contribution >= 4 is 5.97 Å². The van der Waals surface area contributed by atoms with Gasteiger partial charge in [-0.05, 0) is 20.3 Å². The third-order valence-electron chi connectivity index (χ3n) is 4.01. The zero-order valence-electron chi connectivity index (χ0n) is 11.8. The molecule has 5 nitrogen and oxygen atoms in total. The maximum Gasteiger partial charge on any atom is 0.312 e. The molecule has 0 aromatic heterocycles. The number of esters is 1. The van der Waals surface area contributed by atoms with Gasteiger partial charge in [0, 0.05) is 25.2 Å². The molecule has 0 amide bonds. The smallest absolute Gasteiger partial charge is 0.312 e. The van der Waals surface area contributed by atoms with E-state index < -0.39 is 0 Å². The first kappa shape index (κ1) is 15.4. The summed E-state index contributed by atoms with van der Waals surface area (Å²) in [5.41, 5.74) is 5.57. The van der Waals surface area contributed by atoms with E-state index in [4.69, 9.17) is 15.2 Å². The van der Waals surface area contributed by atoms with Crippen molar-refractivity contribution in [2.75, 3.05) is 39.5 Å². The lowest BCUT2D eigenvalue weighted by molar-refractivity contribution is -0.155. The summed E-state index contributed by atoms with van der Waals surface area (Å²) >= 11 is 0. The third-order valence-corrected chi connectivity index (χ3v) is 4.01. The summed E-state index contributed by atoms with van der Waals surface area (Å²) in [5, 5.41) is 0. The zero-order valence-corrected chi connectivity index (χ0v) is 11.8. The Morgan fingerprint density at radius 3 is 2.50 bits per heavy atom. The predicted octanol–water partition coefficient (Wildman–Crippen LogP) is 0.625. The van der Waals surface area contributed by atoms with E-state index in [2.05, 4.69) is 18.7 Å². The molecule has 0 bridgehead atoms. The Morgan fingerprint density at radius 2 is 2.06 bits per heavy atom. The van der Waals surface area contributed by atoms with Gasteiger partial charge in [0.2, 0.25) is 0 Å². The predicted molar refractivity (Wildman–Crippen MR) is 70.3 cm³/mol. The summed E-state index contributed by atoms with van der Waals surface area (Å²) in [4.78, 5) is 14.4. The van der Waals surface area contributed by atoms with Crippen LogP contribution in [0, 0.1) is 5.92 Å². The quantitative estimate of drug-likeness (QED) is 0.708. The third kappa shape index (κ3) is 3.22. The van der Waals surface area contributed by atoms with Crippen LogP contribution in [0.5, 0.6) is 0 Å². The maximum absolute atomic E-state index is 12.1. The first-order chi connectivity index (χ1) is 8.60. The van der Waals surface area contributed by atoms with Gasteiger partial charge in [0.1, 0.15) is 0 Å². The van der Waals surface area contributed by atoms with Crippen LogP contribution in [-0.4, -0.2) is 55.9 Å². The van der Waals surface area contributed by atoms with Gasteiger partial charge in [-0.2, -0.15) is 0 Å². The number of hydrogen-bond donors (Lipinski definition) is 1. The molecule has 2 atom stereocenters. The van der Waals surface area contributed by atoms with Gasteiger partial charge in [-0.25, -0.2) is 0 Å². The molecule has 0 aromatic carbocycles. The van der Waals surface area contributed by atoms with Crippen molar-refractivity contribution in [1.82, 2.24) is 4.90 Å². The second-order valence-electron chi connectivity index (χ2n) is 4.85. The molecule has 1 aliphatic rings. The Hall–Kier alpha value is -0.650. The number of carbonyl (C=O) groups excluding carboxylic acids is 1. The SMILES string of the molecule is CCOC(=O)[C@H](CN)[C@](C)(CC)N1CCOCC1. The van der Waals surface area contributed by atoms with Crippen LogP contribution >= 0.6 is 0 Å². The standard InChI is InChI=1S/C13H26N2O3/c1-4-13(3,15-6-8-17-9-7-15)11(10-14)12(16)18-5-2/h11H,4-10,14H2,1-3H3/t11-,13-/m0/s1. The number of hydrogen-bond acceptors (Lipinski definition) is 5. The minimum Gasteiger partial charge on any atom is -0.466 e. The minimum atomic E-state index is -0.277. The fourth-order valence-corrected chi connectivity index (χ4v) is 2.61. The van der Waals surface area contributed by atoms with E-state index in [1.54, 1.807) is 0 Å². The zero-order chi connectivity index (χ0) is 13.6. The first-order valence-electron chi connectivity index (χ1n) is 6.79. The molecular weight excluding hydrogens is 232 g/mol. The van der Waals surface area contributed by atoms with E-state index in [0.717, 1.165) is 32.7 Å². The van der Waals surface area contributed by atoms with Gasteiger partial charge >= 0.3 is 5.97 Å². The molecule has 18 heavy (non-hydrogen) atoms. The highest BCUT2D eigenvalue weighted by Gasteiger charge is 2.42. The fourth-order valence-electron chi connectivity index (χ4n) is 2.61. The Balaban J connectivity index is 2.84. The van der Waals surface area contributed by atoms with Crippen molar-refractivity contribution in [2.45, 2.75) is 32.7 Å². The second-order valence-corrected chi connectivity index (χ2v) is 4.85. The van der Waals surface area contributed by atoms with Gasteiger partial charge in [0.15, 0.2) is 0 Å². The number of ether oxygens (including phenoxy) is 2. The van der Waals surface area contributed by atoms with Crippen LogP contribution < -0.4 is 5.73 Å². The summed E-state index contributed by atoms with van der Waals surface area (Å²) in [6, 6.07) is 0. The van der Waals surface area contributed by atoms with Crippen molar-refractivity contribution in [1.29, 1.82) is 0 Å². The molecule has 0 saturated carbocycles. The van der Waals surface area contributed by atoms with Gasteiger partial charge in [-0.3, -0.25) is 9.69 Å². The molecule has 1 rings (SSSR count). The monoisotopic (exact) mass is 258 g/mol. The topological polar surface area (TPSA) is 64.8 Å². The van der Waals surface area contributed by atoms with Crippen molar-refractivity contribution in [3.63, 3.8) is 0 Å². The lowest BCUT2D eigenvalue weighted by Crippen LogP contribution is -2.59. The summed E-state index contributed by atoms with van der Waals surface area (Å²) in [5.74, 6) is -0.462. The highest BCUT2D eigenvalue weighted by atomic mass is 16.5. The van der Waals surface area contributed by atoms with Crippen LogP contribution in [0.15, 0.2) is 0 Å². The molecule has 0 radical (unpaired) electrons. The average molecular weight is 258 g/mol. The maximum atomic E-state index is 12.1. The van der Waals surface area contributed by atoms with Crippen molar-refractivity contribution in [2.24, 2.45) is 11.7 Å². The van der Waals surface area contributed by atoms with Crippen LogP contribution in [0.25, 0.3) is 0 Å². The molecule has 106 valence electrons. The van der Waals surface area contributed by atoms with E-state index in [0.29, 0.717) is 13.2 Å². The van der Waals surface area contributed by atoms with Gasteiger partial charge in [-0.1, -0.05) is 6.92 Å². The van der Waals surface area contributed by atoms with Crippen molar-refractivity contribution in [3.05, 3.63) is 0 Å². The van der Waals surface area contributed by atoms with E-state index >= 15 is 0 Å². The summed E-state index contributed by atoms with van der Waals surface area (Å²) < 4.78 is 10.5. The first-order valence-corrected chi connectivity index (χ1v) is 6.79. The summed E-state index contributed by atoms with van der Waals surface area (Å²) in [6.45, 7) is 9.87. The summed E-state index contributed by atoms with van der Waals surface area (Å²) in [6.07, 6.45) is 0.869. The van der Waals surface area contributed by atoms with E-state index in [1.807, 2.05) is 6.92 Å².